The number of carbonyl (C=O) groups is 1. The van der Waals surface area contributed by atoms with Gasteiger partial charge in [0.15, 0.2) is 11.8 Å². The molecule has 144 valence electrons. The van der Waals surface area contributed by atoms with E-state index in [1.54, 1.807) is 24.3 Å². The standard InChI is InChI=1S/C21H25NO5/c1-20(2)13-26-21(24,27-14-20)19(22)18(23)16-8-10-17(11-9-16)25-12-15-6-4-3-5-7-15/h3-11,19,24H,12-14,22H2,1-2H3. The SMILES string of the molecule is CC1(C)COC(O)(C(N)C(=O)c2ccc(OCc3ccccc3)cc2)OC1. The second-order valence-electron chi connectivity index (χ2n) is 7.51. The maximum Gasteiger partial charge on any atom is 0.304 e. The molecule has 1 heterocycles. The third kappa shape index (κ3) is 4.73. The van der Waals surface area contributed by atoms with E-state index in [0.717, 1.165) is 5.56 Å². The molecule has 0 aromatic heterocycles. The van der Waals surface area contributed by atoms with E-state index in [1.807, 2.05) is 44.2 Å². The first-order valence-corrected chi connectivity index (χ1v) is 8.86. The van der Waals surface area contributed by atoms with Crippen molar-refractivity contribution in [2.24, 2.45) is 11.1 Å². The number of nitrogens with two attached hydrogens (primary N) is 1. The van der Waals surface area contributed by atoms with E-state index >= 15 is 0 Å². The van der Waals surface area contributed by atoms with Crippen molar-refractivity contribution in [2.45, 2.75) is 32.5 Å². The summed E-state index contributed by atoms with van der Waals surface area (Å²) in [4.78, 5) is 12.6. The number of Topliss-reactive ketones (excluding diaryl/α,β-unsaturated/α-hetero) is 1. The second-order valence-corrected chi connectivity index (χ2v) is 7.51. The zero-order chi connectivity index (χ0) is 19.5. The Morgan fingerprint density at radius 3 is 2.30 bits per heavy atom. The van der Waals surface area contributed by atoms with Gasteiger partial charge in [0, 0.05) is 11.0 Å². The molecule has 1 aliphatic rings. The fourth-order valence-corrected chi connectivity index (χ4v) is 2.66. The van der Waals surface area contributed by atoms with Gasteiger partial charge in [-0.25, -0.2) is 0 Å². The van der Waals surface area contributed by atoms with Gasteiger partial charge >= 0.3 is 5.97 Å². The molecule has 2 aromatic rings. The number of carbonyl (C=O) groups excluding carboxylic acids is 1. The van der Waals surface area contributed by atoms with Gasteiger partial charge in [-0.2, -0.15) is 0 Å². The molecule has 0 spiro atoms. The van der Waals surface area contributed by atoms with Crippen LogP contribution in [0.3, 0.4) is 0 Å². The Bertz CT molecular complexity index is 763. The van der Waals surface area contributed by atoms with Crippen molar-refractivity contribution in [3.05, 3.63) is 65.7 Å². The van der Waals surface area contributed by atoms with Crippen LogP contribution in [0.1, 0.15) is 29.8 Å². The molecule has 1 atom stereocenters. The summed E-state index contributed by atoms with van der Waals surface area (Å²) in [5, 5.41) is 10.5. The van der Waals surface area contributed by atoms with Crippen molar-refractivity contribution in [2.75, 3.05) is 13.2 Å². The molecule has 1 unspecified atom stereocenters. The van der Waals surface area contributed by atoms with E-state index < -0.39 is 17.8 Å². The molecule has 3 rings (SSSR count). The molecular weight excluding hydrogens is 346 g/mol. The van der Waals surface area contributed by atoms with Gasteiger partial charge in [-0.05, 0) is 29.8 Å². The average molecular weight is 371 g/mol. The van der Waals surface area contributed by atoms with Crippen LogP contribution < -0.4 is 10.5 Å². The van der Waals surface area contributed by atoms with Crippen LogP contribution in [-0.4, -0.2) is 36.1 Å². The molecule has 6 nitrogen and oxygen atoms in total. The van der Waals surface area contributed by atoms with Gasteiger partial charge in [-0.3, -0.25) is 4.79 Å². The lowest BCUT2D eigenvalue weighted by Gasteiger charge is -2.41. The maximum absolute atomic E-state index is 12.6. The lowest BCUT2D eigenvalue weighted by molar-refractivity contribution is -0.402. The summed E-state index contributed by atoms with van der Waals surface area (Å²) in [6.45, 7) is 4.81. The molecule has 1 saturated heterocycles. The minimum absolute atomic E-state index is 0.243. The molecule has 27 heavy (non-hydrogen) atoms. The summed E-state index contributed by atoms with van der Waals surface area (Å²) >= 11 is 0. The normalized spacial score (nSPS) is 19.3. The average Bonchev–Trinajstić information content (AvgIpc) is 2.69. The number of ether oxygens (including phenoxy) is 3. The Kier molecular flexibility index (Phi) is 5.62. The van der Waals surface area contributed by atoms with Gasteiger partial charge in [0.2, 0.25) is 0 Å². The molecule has 0 radical (unpaired) electrons. The zero-order valence-electron chi connectivity index (χ0n) is 15.6. The Morgan fingerprint density at radius 2 is 1.70 bits per heavy atom. The van der Waals surface area contributed by atoms with Crippen molar-refractivity contribution in [1.82, 2.24) is 0 Å². The van der Waals surface area contributed by atoms with Crippen molar-refractivity contribution in [3.8, 4) is 5.75 Å². The molecule has 1 aliphatic heterocycles. The number of ketones is 1. The first kappa shape index (κ1) is 19.5. The highest BCUT2D eigenvalue weighted by molar-refractivity contribution is 6.00. The summed E-state index contributed by atoms with van der Waals surface area (Å²) in [7, 11) is 0. The summed E-state index contributed by atoms with van der Waals surface area (Å²) < 4.78 is 16.4. The van der Waals surface area contributed by atoms with E-state index in [9.17, 15) is 9.90 Å². The summed E-state index contributed by atoms with van der Waals surface area (Å²) in [5.74, 6) is -1.95. The molecule has 1 fully saturated rings. The minimum atomic E-state index is -2.12. The summed E-state index contributed by atoms with van der Waals surface area (Å²) in [5.41, 5.74) is 7.09. The third-order valence-electron chi connectivity index (χ3n) is 4.40. The van der Waals surface area contributed by atoms with Crippen molar-refractivity contribution in [3.63, 3.8) is 0 Å². The summed E-state index contributed by atoms with van der Waals surface area (Å²) in [6.07, 6.45) is 0. The van der Waals surface area contributed by atoms with E-state index in [0.29, 0.717) is 17.9 Å². The monoisotopic (exact) mass is 371 g/mol. The van der Waals surface area contributed by atoms with Crippen molar-refractivity contribution < 1.29 is 24.1 Å². The molecule has 6 heteroatoms. The molecule has 3 N–H and O–H groups in total. The smallest absolute Gasteiger partial charge is 0.304 e. The second kappa shape index (κ2) is 7.78. The van der Waals surface area contributed by atoms with Crippen LogP contribution in [0.25, 0.3) is 0 Å². The quantitative estimate of drug-likeness (QED) is 0.758. The van der Waals surface area contributed by atoms with E-state index in [-0.39, 0.29) is 18.6 Å². The Hall–Kier alpha value is -2.25. The third-order valence-corrected chi connectivity index (χ3v) is 4.40. The van der Waals surface area contributed by atoms with Crippen LogP contribution in [-0.2, 0) is 16.1 Å². The number of hydrogen-bond acceptors (Lipinski definition) is 6. The van der Waals surface area contributed by atoms with Crippen LogP contribution in [0.5, 0.6) is 5.75 Å². The van der Waals surface area contributed by atoms with E-state index in [2.05, 4.69) is 0 Å². The lowest BCUT2D eigenvalue weighted by Crippen LogP contribution is -2.60. The largest absolute Gasteiger partial charge is 0.489 e. The van der Waals surface area contributed by atoms with E-state index in [4.69, 9.17) is 19.9 Å². The molecule has 0 amide bonds. The number of benzene rings is 2. The highest BCUT2D eigenvalue weighted by Crippen LogP contribution is 2.30. The van der Waals surface area contributed by atoms with Gasteiger partial charge in [0.05, 0.1) is 13.2 Å². The minimum Gasteiger partial charge on any atom is -0.489 e. The Morgan fingerprint density at radius 1 is 1.11 bits per heavy atom. The number of hydrogen-bond donors (Lipinski definition) is 2. The van der Waals surface area contributed by atoms with E-state index in [1.165, 1.54) is 0 Å². The van der Waals surface area contributed by atoms with Crippen LogP contribution in [0.2, 0.25) is 0 Å². The van der Waals surface area contributed by atoms with Crippen LogP contribution in [0.15, 0.2) is 54.6 Å². The highest BCUT2D eigenvalue weighted by atomic mass is 16.8. The van der Waals surface area contributed by atoms with Gasteiger partial charge in [0.25, 0.3) is 0 Å². The number of rotatable bonds is 6. The van der Waals surface area contributed by atoms with Crippen LogP contribution in [0, 0.1) is 5.41 Å². The molecule has 0 bridgehead atoms. The van der Waals surface area contributed by atoms with Gasteiger partial charge in [0.1, 0.15) is 12.4 Å². The van der Waals surface area contributed by atoms with Crippen molar-refractivity contribution >= 4 is 5.78 Å². The Balaban J connectivity index is 1.61. The first-order valence-electron chi connectivity index (χ1n) is 8.86. The fourth-order valence-electron chi connectivity index (χ4n) is 2.66. The fraction of sp³-hybridized carbons (Fsp3) is 0.381. The molecule has 0 aliphatic carbocycles. The van der Waals surface area contributed by atoms with Gasteiger partial charge < -0.3 is 25.1 Å². The Labute approximate surface area is 158 Å². The first-order chi connectivity index (χ1) is 12.8. The van der Waals surface area contributed by atoms with Gasteiger partial charge in [-0.15, -0.1) is 0 Å². The van der Waals surface area contributed by atoms with Crippen molar-refractivity contribution in [1.29, 1.82) is 0 Å². The maximum atomic E-state index is 12.6. The van der Waals surface area contributed by atoms with Crippen LogP contribution >= 0.6 is 0 Å². The lowest BCUT2D eigenvalue weighted by atomic mass is 9.94. The van der Waals surface area contributed by atoms with Gasteiger partial charge in [-0.1, -0.05) is 44.2 Å². The molecule has 0 saturated carbocycles. The highest BCUT2D eigenvalue weighted by Gasteiger charge is 2.47. The predicted octanol–water partition coefficient (Wildman–Crippen LogP) is 2.49. The zero-order valence-corrected chi connectivity index (χ0v) is 15.6. The topological polar surface area (TPSA) is 91.0 Å². The molecular formula is C21H25NO5. The number of aliphatic hydroxyl groups is 1. The summed E-state index contributed by atoms with van der Waals surface area (Å²) in [6, 6.07) is 15.1. The van der Waals surface area contributed by atoms with Crippen LogP contribution in [0.4, 0.5) is 0 Å². The predicted molar refractivity (Wildman–Crippen MR) is 100 cm³/mol. The molecule has 2 aromatic carbocycles.